The Morgan fingerprint density at radius 3 is 2.68 bits per heavy atom. The van der Waals surface area contributed by atoms with E-state index in [9.17, 15) is 4.79 Å². The summed E-state index contributed by atoms with van der Waals surface area (Å²) in [6, 6.07) is 8.44. The highest BCUT2D eigenvalue weighted by Gasteiger charge is 2.19. The Kier molecular flexibility index (Phi) is 4.93. The number of rotatable bonds is 5. The van der Waals surface area contributed by atoms with E-state index in [2.05, 4.69) is 22.6 Å². The van der Waals surface area contributed by atoms with E-state index in [1.54, 1.807) is 7.05 Å². The Morgan fingerprint density at radius 2 is 2.11 bits per heavy atom. The molecule has 4 heteroatoms. The van der Waals surface area contributed by atoms with Crippen molar-refractivity contribution in [3.8, 4) is 0 Å². The zero-order valence-corrected chi connectivity index (χ0v) is 11.8. The van der Waals surface area contributed by atoms with Gasteiger partial charge in [0.05, 0.1) is 0 Å². The van der Waals surface area contributed by atoms with Gasteiger partial charge in [0.1, 0.15) is 0 Å². The van der Waals surface area contributed by atoms with Gasteiger partial charge in [-0.05, 0) is 44.1 Å². The summed E-state index contributed by atoms with van der Waals surface area (Å²) in [7, 11) is 3.84. The molecule has 1 aliphatic rings. The molecular formula is C15H23N3O. The number of benzene rings is 1. The van der Waals surface area contributed by atoms with Crippen molar-refractivity contribution in [1.82, 2.24) is 15.5 Å². The lowest BCUT2D eigenvalue weighted by Gasteiger charge is -2.19. The summed E-state index contributed by atoms with van der Waals surface area (Å²) in [5.74, 6) is -0.0351. The normalized spacial score (nSPS) is 19.6. The maximum atomic E-state index is 11.4. The number of likely N-dealkylation sites (tertiary alicyclic amines) is 1. The Balaban J connectivity index is 1.78. The summed E-state index contributed by atoms with van der Waals surface area (Å²) in [5, 5.41) is 6.12. The Hall–Kier alpha value is -1.39. The van der Waals surface area contributed by atoms with Gasteiger partial charge in [-0.2, -0.15) is 0 Å². The highest BCUT2D eigenvalue weighted by molar-refractivity contribution is 5.93. The number of carbonyl (C=O) groups is 1. The molecule has 104 valence electrons. The summed E-state index contributed by atoms with van der Waals surface area (Å²) in [4.78, 5) is 13.8. The van der Waals surface area contributed by atoms with E-state index in [-0.39, 0.29) is 5.91 Å². The lowest BCUT2D eigenvalue weighted by molar-refractivity contribution is 0.0963. The standard InChI is InChI=1S/C15H23N3O/c1-16-15(19)13-7-5-12(6-8-13)10-17-11-14-4-3-9-18(14)2/h5-8,14,17H,3-4,9-11H2,1-2H3,(H,16,19)/t14-/m1/s1. The highest BCUT2D eigenvalue weighted by atomic mass is 16.1. The molecule has 19 heavy (non-hydrogen) atoms. The molecule has 1 fully saturated rings. The largest absolute Gasteiger partial charge is 0.355 e. The van der Waals surface area contributed by atoms with Gasteiger partial charge in [0.2, 0.25) is 0 Å². The average molecular weight is 261 g/mol. The first-order valence-electron chi connectivity index (χ1n) is 6.92. The maximum absolute atomic E-state index is 11.4. The molecule has 1 aliphatic heterocycles. The second-order valence-corrected chi connectivity index (χ2v) is 5.18. The number of amides is 1. The van der Waals surface area contributed by atoms with E-state index in [1.165, 1.54) is 24.9 Å². The molecule has 4 nitrogen and oxygen atoms in total. The topological polar surface area (TPSA) is 44.4 Å². The molecule has 0 bridgehead atoms. The third-order valence-corrected chi connectivity index (χ3v) is 3.82. The van der Waals surface area contributed by atoms with Gasteiger partial charge in [-0.3, -0.25) is 4.79 Å². The fraction of sp³-hybridized carbons (Fsp3) is 0.533. The molecule has 1 atom stereocenters. The lowest BCUT2D eigenvalue weighted by Crippen LogP contribution is -2.35. The van der Waals surface area contributed by atoms with E-state index in [0.717, 1.165) is 13.1 Å². The molecule has 1 aromatic carbocycles. The summed E-state index contributed by atoms with van der Waals surface area (Å²) in [6.07, 6.45) is 2.60. The second kappa shape index (κ2) is 6.68. The van der Waals surface area contributed by atoms with Crippen LogP contribution in [0.1, 0.15) is 28.8 Å². The van der Waals surface area contributed by atoms with E-state index in [1.807, 2.05) is 24.3 Å². The third kappa shape index (κ3) is 3.78. The van der Waals surface area contributed by atoms with Gasteiger partial charge in [0.15, 0.2) is 0 Å². The van der Waals surface area contributed by atoms with Crippen LogP contribution in [0.25, 0.3) is 0 Å². The number of nitrogens with one attached hydrogen (secondary N) is 2. The number of likely N-dealkylation sites (N-methyl/N-ethyl adjacent to an activating group) is 1. The molecular weight excluding hydrogens is 238 g/mol. The van der Waals surface area contributed by atoms with Crippen LogP contribution in [-0.2, 0) is 6.54 Å². The van der Waals surface area contributed by atoms with Crippen molar-refractivity contribution < 1.29 is 4.79 Å². The van der Waals surface area contributed by atoms with E-state index >= 15 is 0 Å². The Bertz CT molecular complexity index is 416. The average Bonchev–Trinajstić information content (AvgIpc) is 2.84. The predicted molar refractivity (Wildman–Crippen MR) is 77.2 cm³/mol. The van der Waals surface area contributed by atoms with Crippen LogP contribution in [0.3, 0.4) is 0 Å². The smallest absolute Gasteiger partial charge is 0.251 e. The summed E-state index contributed by atoms with van der Waals surface area (Å²) < 4.78 is 0. The third-order valence-electron chi connectivity index (χ3n) is 3.82. The molecule has 0 unspecified atom stereocenters. The van der Waals surface area contributed by atoms with Crippen molar-refractivity contribution >= 4 is 5.91 Å². The van der Waals surface area contributed by atoms with Crippen molar-refractivity contribution in [1.29, 1.82) is 0 Å². The molecule has 0 saturated carbocycles. The SMILES string of the molecule is CNC(=O)c1ccc(CNC[C@H]2CCCN2C)cc1. The van der Waals surface area contributed by atoms with E-state index < -0.39 is 0 Å². The fourth-order valence-corrected chi connectivity index (χ4v) is 2.54. The zero-order valence-electron chi connectivity index (χ0n) is 11.8. The highest BCUT2D eigenvalue weighted by Crippen LogP contribution is 2.13. The molecule has 0 spiro atoms. The number of nitrogens with zero attached hydrogens (tertiary/aromatic N) is 1. The van der Waals surface area contributed by atoms with Crippen LogP contribution in [0.2, 0.25) is 0 Å². The van der Waals surface area contributed by atoms with Crippen LogP contribution in [0.4, 0.5) is 0 Å². The molecule has 0 aliphatic carbocycles. The Morgan fingerprint density at radius 1 is 1.37 bits per heavy atom. The van der Waals surface area contributed by atoms with Crippen molar-refractivity contribution in [2.24, 2.45) is 0 Å². The lowest BCUT2D eigenvalue weighted by atomic mass is 10.1. The first kappa shape index (κ1) is 14.0. The van der Waals surface area contributed by atoms with Crippen LogP contribution >= 0.6 is 0 Å². The number of hydrogen-bond acceptors (Lipinski definition) is 3. The van der Waals surface area contributed by atoms with Crippen LogP contribution in [0, 0.1) is 0 Å². The maximum Gasteiger partial charge on any atom is 0.251 e. The van der Waals surface area contributed by atoms with Gasteiger partial charge in [-0.25, -0.2) is 0 Å². The van der Waals surface area contributed by atoms with E-state index in [4.69, 9.17) is 0 Å². The van der Waals surface area contributed by atoms with Gasteiger partial charge in [0.25, 0.3) is 5.91 Å². The Labute approximate surface area is 115 Å². The van der Waals surface area contributed by atoms with Gasteiger partial charge < -0.3 is 15.5 Å². The summed E-state index contributed by atoms with van der Waals surface area (Å²) in [5.41, 5.74) is 1.93. The van der Waals surface area contributed by atoms with Gasteiger partial charge in [0, 0.05) is 31.7 Å². The monoisotopic (exact) mass is 261 g/mol. The van der Waals surface area contributed by atoms with Crippen molar-refractivity contribution in [3.63, 3.8) is 0 Å². The fourth-order valence-electron chi connectivity index (χ4n) is 2.54. The van der Waals surface area contributed by atoms with Gasteiger partial charge in [-0.15, -0.1) is 0 Å². The molecule has 2 rings (SSSR count). The number of hydrogen-bond donors (Lipinski definition) is 2. The molecule has 0 radical (unpaired) electrons. The molecule has 1 aromatic rings. The summed E-state index contributed by atoms with van der Waals surface area (Å²) in [6.45, 7) is 3.11. The quantitative estimate of drug-likeness (QED) is 0.838. The predicted octanol–water partition coefficient (Wildman–Crippen LogP) is 1.23. The van der Waals surface area contributed by atoms with E-state index in [0.29, 0.717) is 11.6 Å². The molecule has 0 aromatic heterocycles. The first-order chi connectivity index (χ1) is 9.20. The van der Waals surface area contributed by atoms with Gasteiger partial charge in [-0.1, -0.05) is 12.1 Å². The molecule has 1 heterocycles. The van der Waals surface area contributed by atoms with Crippen LogP contribution < -0.4 is 10.6 Å². The van der Waals surface area contributed by atoms with Crippen molar-refractivity contribution in [3.05, 3.63) is 35.4 Å². The zero-order chi connectivity index (χ0) is 13.7. The second-order valence-electron chi connectivity index (χ2n) is 5.18. The molecule has 1 saturated heterocycles. The minimum atomic E-state index is -0.0351. The van der Waals surface area contributed by atoms with Crippen LogP contribution in [0.5, 0.6) is 0 Å². The van der Waals surface area contributed by atoms with Gasteiger partial charge >= 0.3 is 0 Å². The van der Waals surface area contributed by atoms with Crippen molar-refractivity contribution in [2.75, 3.05) is 27.2 Å². The van der Waals surface area contributed by atoms with Crippen molar-refractivity contribution in [2.45, 2.75) is 25.4 Å². The molecule has 2 N–H and O–H groups in total. The minimum absolute atomic E-state index is 0.0351. The minimum Gasteiger partial charge on any atom is -0.355 e. The summed E-state index contributed by atoms with van der Waals surface area (Å²) >= 11 is 0. The molecule has 1 amide bonds. The number of carbonyl (C=O) groups excluding carboxylic acids is 1. The van der Waals surface area contributed by atoms with Crippen LogP contribution in [-0.4, -0.2) is 44.0 Å². The van der Waals surface area contributed by atoms with Crippen LogP contribution in [0.15, 0.2) is 24.3 Å². The first-order valence-corrected chi connectivity index (χ1v) is 6.92.